The molecule has 1 aromatic carbocycles. The highest BCUT2D eigenvalue weighted by atomic mass is 35.5. The molecule has 0 bridgehead atoms. The predicted molar refractivity (Wildman–Crippen MR) is 99.8 cm³/mol. The van der Waals surface area contributed by atoms with Crippen LogP contribution < -0.4 is 9.86 Å². The molecular formula is C16H15Cl2N3O4S. The van der Waals surface area contributed by atoms with Gasteiger partial charge in [0, 0.05) is 12.1 Å². The van der Waals surface area contributed by atoms with Gasteiger partial charge < -0.3 is 0 Å². The molecule has 1 aliphatic rings. The lowest BCUT2D eigenvalue weighted by molar-refractivity contribution is 0.0965. The van der Waals surface area contributed by atoms with E-state index >= 15 is 0 Å². The summed E-state index contributed by atoms with van der Waals surface area (Å²) >= 11 is 11.5. The van der Waals surface area contributed by atoms with Crippen LogP contribution in [-0.4, -0.2) is 36.3 Å². The molecular weight excluding hydrogens is 401 g/mol. The molecule has 0 saturated heterocycles. The summed E-state index contributed by atoms with van der Waals surface area (Å²) < 4.78 is 26.5. The number of rotatable bonds is 5. The number of nitrogens with zero attached hydrogens (tertiary/aromatic N) is 3. The number of carbonyl (C=O) groups excluding carboxylic acids is 1. The molecule has 0 amide bonds. The lowest BCUT2D eigenvalue weighted by Gasteiger charge is -2.18. The molecule has 0 spiro atoms. The van der Waals surface area contributed by atoms with Crippen LogP contribution in [0.4, 0.5) is 5.69 Å². The Morgan fingerprint density at radius 2 is 2.04 bits per heavy atom. The fourth-order valence-corrected chi connectivity index (χ4v) is 4.20. The van der Waals surface area contributed by atoms with Crippen molar-refractivity contribution in [1.29, 1.82) is 0 Å². The van der Waals surface area contributed by atoms with Gasteiger partial charge in [-0.05, 0) is 37.1 Å². The molecule has 2 aromatic rings. The first kappa shape index (κ1) is 18.9. The normalized spacial score (nSPS) is 13.7. The zero-order valence-electron chi connectivity index (χ0n) is 13.8. The summed E-state index contributed by atoms with van der Waals surface area (Å²) in [5, 5.41) is 3.64. The second-order valence-corrected chi connectivity index (χ2v) is 8.73. The van der Waals surface area contributed by atoms with Crippen molar-refractivity contribution in [3.63, 3.8) is 0 Å². The lowest BCUT2D eigenvalue weighted by Crippen LogP contribution is -2.30. The van der Waals surface area contributed by atoms with Gasteiger partial charge in [-0.1, -0.05) is 23.2 Å². The van der Waals surface area contributed by atoms with Gasteiger partial charge in [0.15, 0.2) is 5.78 Å². The fourth-order valence-electron chi connectivity index (χ4n) is 2.77. The van der Waals surface area contributed by atoms with E-state index in [4.69, 9.17) is 23.2 Å². The van der Waals surface area contributed by atoms with E-state index in [1.807, 2.05) is 0 Å². The van der Waals surface area contributed by atoms with E-state index in [0.29, 0.717) is 24.2 Å². The van der Waals surface area contributed by atoms with E-state index < -0.39 is 15.6 Å². The molecule has 3 rings (SSSR count). The van der Waals surface area contributed by atoms with E-state index in [1.54, 1.807) is 25.1 Å². The summed E-state index contributed by atoms with van der Waals surface area (Å²) in [6, 6.07) is 4.83. The van der Waals surface area contributed by atoms with Crippen LogP contribution in [0.2, 0.25) is 10.0 Å². The average Bonchev–Trinajstić information content (AvgIpc) is 3.06. The van der Waals surface area contributed by atoms with Gasteiger partial charge in [0.2, 0.25) is 10.0 Å². The van der Waals surface area contributed by atoms with Crippen molar-refractivity contribution in [1.82, 2.24) is 9.78 Å². The zero-order chi connectivity index (χ0) is 19.1. The Labute approximate surface area is 160 Å². The third kappa shape index (κ3) is 3.36. The monoisotopic (exact) mass is 415 g/mol. The van der Waals surface area contributed by atoms with Gasteiger partial charge >= 0.3 is 0 Å². The lowest BCUT2D eigenvalue weighted by atomic mass is 10.1. The number of ketones is 1. The minimum absolute atomic E-state index is 0.0129. The second-order valence-electron chi connectivity index (χ2n) is 5.76. The topological polar surface area (TPSA) is 89.3 Å². The number of halogens is 2. The molecule has 0 aliphatic carbocycles. The molecule has 2 heterocycles. The predicted octanol–water partition coefficient (Wildman–Crippen LogP) is 2.15. The van der Waals surface area contributed by atoms with Crippen molar-refractivity contribution < 1.29 is 13.2 Å². The standard InChI is InChI=1S/C16H15Cl2N3O4S/c1-2-26(24,25)21-6-5-10-7-11(3-4-13(10)21)14(22)9-20-16(23)15(18)12(17)8-19-20/h3-4,7-8H,2,5-6,9H2,1H3. The molecule has 0 unspecified atom stereocenters. The van der Waals surface area contributed by atoms with Crippen LogP contribution in [-0.2, 0) is 23.0 Å². The van der Waals surface area contributed by atoms with E-state index in [-0.39, 0.29) is 28.1 Å². The zero-order valence-corrected chi connectivity index (χ0v) is 16.1. The van der Waals surface area contributed by atoms with Crippen LogP contribution in [0.1, 0.15) is 22.8 Å². The first-order valence-corrected chi connectivity index (χ1v) is 10.2. The molecule has 0 radical (unpaired) electrons. The number of hydrogen-bond donors (Lipinski definition) is 0. The maximum Gasteiger partial charge on any atom is 0.287 e. The van der Waals surface area contributed by atoms with Crippen molar-refractivity contribution in [2.24, 2.45) is 0 Å². The summed E-state index contributed by atoms with van der Waals surface area (Å²) in [6.07, 6.45) is 1.73. The Kier molecular flexibility index (Phi) is 5.09. The summed E-state index contributed by atoms with van der Waals surface area (Å²) in [5.41, 5.74) is 1.10. The maximum atomic E-state index is 12.5. The number of benzene rings is 1. The maximum absolute atomic E-state index is 12.5. The van der Waals surface area contributed by atoms with Crippen molar-refractivity contribution in [2.45, 2.75) is 19.9 Å². The van der Waals surface area contributed by atoms with E-state index in [9.17, 15) is 18.0 Å². The average molecular weight is 416 g/mol. The Morgan fingerprint density at radius 1 is 1.31 bits per heavy atom. The minimum Gasteiger partial charge on any atom is -0.292 e. The van der Waals surface area contributed by atoms with Crippen LogP contribution in [0.5, 0.6) is 0 Å². The van der Waals surface area contributed by atoms with Gasteiger partial charge in [-0.3, -0.25) is 13.9 Å². The summed E-state index contributed by atoms with van der Waals surface area (Å²) in [7, 11) is -3.34. The van der Waals surface area contributed by atoms with Crippen molar-refractivity contribution in [2.75, 3.05) is 16.6 Å². The number of hydrogen-bond acceptors (Lipinski definition) is 5. The van der Waals surface area contributed by atoms with Crippen LogP contribution in [0.25, 0.3) is 0 Å². The molecule has 26 heavy (non-hydrogen) atoms. The van der Waals surface area contributed by atoms with Gasteiger partial charge in [-0.15, -0.1) is 0 Å². The molecule has 1 aromatic heterocycles. The number of carbonyl (C=O) groups is 1. The van der Waals surface area contributed by atoms with Crippen molar-refractivity contribution in [3.8, 4) is 0 Å². The fraction of sp³-hybridized carbons (Fsp3) is 0.312. The van der Waals surface area contributed by atoms with Gasteiger partial charge in [0.05, 0.1) is 22.7 Å². The van der Waals surface area contributed by atoms with E-state index in [1.165, 1.54) is 10.5 Å². The molecule has 0 N–H and O–H groups in total. The van der Waals surface area contributed by atoms with Gasteiger partial charge in [0.25, 0.3) is 5.56 Å². The highest BCUT2D eigenvalue weighted by Crippen LogP contribution is 2.31. The van der Waals surface area contributed by atoms with E-state index in [2.05, 4.69) is 5.10 Å². The second kappa shape index (κ2) is 7.02. The number of anilines is 1. The largest absolute Gasteiger partial charge is 0.292 e. The van der Waals surface area contributed by atoms with Crippen molar-refractivity contribution in [3.05, 3.63) is 55.9 Å². The minimum atomic E-state index is -3.34. The quantitative estimate of drug-likeness (QED) is 0.697. The van der Waals surface area contributed by atoms with Crippen molar-refractivity contribution >= 4 is 44.7 Å². The highest BCUT2D eigenvalue weighted by molar-refractivity contribution is 7.92. The van der Waals surface area contributed by atoms with Crippen LogP contribution in [0.15, 0.2) is 29.2 Å². The van der Waals surface area contributed by atoms with Gasteiger partial charge in [-0.25, -0.2) is 13.1 Å². The summed E-state index contributed by atoms with van der Waals surface area (Å²) in [6.45, 7) is 1.66. The molecule has 0 fully saturated rings. The Balaban J connectivity index is 1.87. The molecule has 10 heteroatoms. The molecule has 7 nitrogen and oxygen atoms in total. The number of aromatic nitrogens is 2. The first-order valence-electron chi connectivity index (χ1n) is 7.82. The van der Waals surface area contributed by atoms with Crippen LogP contribution in [0.3, 0.4) is 0 Å². The third-order valence-electron chi connectivity index (χ3n) is 4.19. The Hall–Kier alpha value is -1.90. The molecule has 0 saturated carbocycles. The number of fused-ring (bicyclic) bond motifs is 1. The van der Waals surface area contributed by atoms with E-state index in [0.717, 1.165) is 10.2 Å². The molecule has 0 atom stereocenters. The van der Waals surface area contributed by atoms with Gasteiger partial charge in [0.1, 0.15) is 11.6 Å². The summed E-state index contributed by atoms with van der Waals surface area (Å²) in [4.78, 5) is 24.5. The Morgan fingerprint density at radius 3 is 2.73 bits per heavy atom. The first-order chi connectivity index (χ1) is 12.2. The third-order valence-corrected chi connectivity index (χ3v) is 6.72. The van der Waals surface area contributed by atoms with Gasteiger partial charge in [-0.2, -0.15) is 5.10 Å². The van der Waals surface area contributed by atoms with Crippen LogP contribution in [0, 0.1) is 0 Å². The SMILES string of the molecule is CCS(=O)(=O)N1CCc2cc(C(=O)Cn3ncc(Cl)c(Cl)c3=O)ccc21. The van der Waals surface area contributed by atoms with Crippen LogP contribution >= 0.6 is 23.2 Å². The number of sulfonamides is 1. The Bertz CT molecular complexity index is 1050. The number of Topliss-reactive ketones (excluding diaryl/α,β-unsaturated/α-hetero) is 1. The highest BCUT2D eigenvalue weighted by Gasteiger charge is 2.28. The summed E-state index contributed by atoms with van der Waals surface area (Å²) in [5.74, 6) is -0.323. The molecule has 138 valence electrons. The molecule has 1 aliphatic heterocycles. The smallest absolute Gasteiger partial charge is 0.287 e.